The number of rotatable bonds is 7. The summed E-state index contributed by atoms with van der Waals surface area (Å²) in [5.74, 6) is -2.01. The van der Waals surface area contributed by atoms with Crippen molar-refractivity contribution >= 4 is 17.7 Å². The van der Waals surface area contributed by atoms with Gasteiger partial charge in [0.1, 0.15) is 12.4 Å². The van der Waals surface area contributed by atoms with Crippen molar-refractivity contribution in [1.82, 2.24) is 0 Å². The van der Waals surface area contributed by atoms with E-state index in [9.17, 15) is 14.7 Å². The van der Waals surface area contributed by atoms with Crippen molar-refractivity contribution in [1.29, 1.82) is 0 Å². The minimum Gasteiger partial charge on any atom is -0.489 e. The first-order chi connectivity index (χ1) is 12.5. The third-order valence-electron chi connectivity index (χ3n) is 4.03. The van der Waals surface area contributed by atoms with E-state index in [1.807, 2.05) is 30.3 Å². The average Bonchev–Trinajstić information content (AvgIpc) is 3.06. The molecule has 2 aromatic rings. The molecule has 0 saturated carbocycles. The maximum Gasteiger partial charge on any atom is 0.351 e. The van der Waals surface area contributed by atoms with Gasteiger partial charge in [0.2, 0.25) is 5.60 Å². The molecule has 7 heteroatoms. The topological polar surface area (TPSA) is 105 Å². The van der Waals surface area contributed by atoms with Gasteiger partial charge in [0.05, 0.1) is 12.1 Å². The van der Waals surface area contributed by atoms with E-state index in [1.165, 1.54) is 0 Å². The maximum atomic E-state index is 11.5. The minimum absolute atomic E-state index is 0.128. The zero-order valence-corrected chi connectivity index (χ0v) is 13.8. The van der Waals surface area contributed by atoms with Gasteiger partial charge in [0.25, 0.3) is 0 Å². The molecule has 0 aliphatic carbocycles. The Labute approximate surface area is 149 Å². The molecular weight excluding hydrogens is 338 g/mol. The Morgan fingerprint density at radius 2 is 1.88 bits per heavy atom. The van der Waals surface area contributed by atoms with Crippen LogP contribution in [0, 0.1) is 0 Å². The molecule has 7 nitrogen and oxygen atoms in total. The van der Waals surface area contributed by atoms with Crippen molar-refractivity contribution in [2.75, 3.05) is 0 Å². The Hall–Kier alpha value is -3.35. The Kier molecular flexibility index (Phi) is 4.88. The number of carbonyl (C=O) groups is 2. The summed E-state index contributed by atoms with van der Waals surface area (Å²) in [5.41, 5.74) is 0.149. The SMILES string of the molecule is O=C(O)C[C@@]1(C(=O)O)CC(c2cccc(OCc3ccccc3)c2)=NO1. The van der Waals surface area contributed by atoms with Crippen LogP contribution in [-0.4, -0.2) is 33.5 Å². The van der Waals surface area contributed by atoms with E-state index in [0.717, 1.165) is 5.56 Å². The second-order valence-corrected chi connectivity index (χ2v) is 5.98. The molecule has 134 valence electrons. The van der Waals surface area contributed by atoms with Crippen molar-refractivity contribution in [2.24, 2.45) is 5.16 Å². The molecule has 26 heavy (non-hydrogen) atoms. The van der Waals surface area contributed by atoms with Gasteiger partial charge in [0.15, 0.2) is 0 Å². The summed E-state index contributed by atoms with van der Waals surface area (Å²) in [4.78, 5) is 27.5. The van der Waals surface area contributed by atoms with E-state index in [-0.39, 0.29) is 6.42 Å². The highest BCUT2D eigenvalue weighted by molar-refractivity contribution is 6.05. The number of ether oxygens (including phenoxy) is 1. The summed E-state index contributed by atoms with van der Waals surface area (Å²) in [5, 5.41) is 22.1. The van der Waals surface area contributed by atoms with Crippen LogP contribution in [0.1, 0.15) is 24.0 Å². The second kappa shape index (κ2) is 7.26. The lowest BCUT2D eigenvalue weighted by Gasteiger charge is -2.18. The first kappa shape index (κ1) is 17.5. The molecule has 1 atom stereocenters. The highest BCUT2D eigenvalue weighted by atomic mass is 16.7. The van der Waals surface area contributed by atoms with Crippen LogP contribution in [-0.2, 0) is 21.0 Å². The molecular formula is C19H17NO6. The number of carboxylic acids is 2. The smallest absolute Gasteiger partial charge is 0.351 e. The lowest BCUT2D eigenvalue weighted by Crippen LogP contribution is -2.41. The molecule has 1 aliphatic rings. The van der Waals surface area contributed by atoms with Gasteiger partial charge in [0, 0.05) is 12.0 Å². The summed E-state index contributed by atoms with van der Waals surface area (Å²) in [6.07, 6.45) is -0.795. The second-order valence-electron chi connectivity index (χ2n) is 5.98. The van der Waals surface area contributed by atoms with Crippen LogP contribution in [0.15, 0.2) is 59.8 Å². The summed E-state index contributed by atoms with van der Waals surface area (Å²) in [7, 11) is 0. The summed E-state index contributed by atoms with van der Waals surface area (Å²) in [6.45, 7) is 0.394. The third kappa shape index (κ3) is 3.83. The first-order valence-corrected chi connectivity index (χ1v) is 7.96. The summed E-state index contributed by atoms with van der Waals surface area (Å²) >= 11 is 0. The van der Waals surface area contributed by atoms with Crippen molar-refractivity contribution in [3.63, 3.8) is 0 Å². The zero-order chi connectivity index (χ0) is 18.6. The monoisotopic (exact) mass is 355 g/mol. The van der Waals surface area contributed by atoms with Crippen LogP contribution in [0.4, 0.5) is 0 Å². The molecule has 0 fully saturated rings. The minimum atomic E-state index is -1.87. The van der Waals surface area contributed by atoms with E-state index in [1.54, 1.807) is 24.3 Å². The van der Waals surface area contributed by atoms with Gasteiger partial charge in [-0.3, -0.25) is 4.79 Å². The summed E-state index contributed by atoms with van der Waals surface area (Å²) in [6, 6.07) is 16.7. The van der Waals surface area contributed by atoms with E-state index in [0.29, 0.717) is 23.6 Å². The largest absolute Gasteiger partial charge is 0.489 e. The van der Waals surface area contributed by atoms with Gasteiger partial charge in [-0.05, 0) is 17.7 Å². The molecule has 2 N–H and O–H groups in total. The third-order valence-corrected chi connectivity index (χ3v) is 4.03. The fraction of sp³-hybridized carbons (Fsp3) is 0.211. The van der Waals surface area contributed by atoms with Crippen molar-refractivity contribution in [2.45, 2.75) is 25.0 Å². The van der Waals surface area contributed by atoms with Gasteiger partial charge >= 0.3 is 11.9 Å². The number of benzene rings is 2. The standard InChI is InChI=1S/C19H17NO6/c21-17(22)11-19(18(23)24)10-16(20-26-19)14-7-4-8-15(9-14)25-12-13-5-2-1-3-6-13/h1-9H,10-12H2,(H,21,22)(H,23,24)/t19-/m1/s1. The Morgan fingerprint density at radius 1 is 1.12 bits per heavy atom. The normalized spacial score (nSPS) is 18.7. The molecule has 1 heterocycles. The molecule has 0 saturated heterocycles. The maximum absolute atomic E-state index is 11.5. The van der Waals surface area contributed by atoms with Gasteiger partial charge < -0.3 is 19.8 Å². The Morgan fingerprint density at radius 3 is 2.58 bits per heavy atom. The van der Waals surface area contributed by atoms with Gasteiger partial charge in [-0.1, -0.05) is 47.6 Å². The fourth-order valence-electron chi connectivity index (χ4n) is 2.67. The van der Waals surface area contributed by atoms with Crippen molar-refractivity contribution < 1.29 is 29.4 Å². The summed E-state index contributed by atoms with van der Waals surface area (Å²) < 4.78 is 5.75. The fourth-order valence-corrected chi connectivity index (χ4v) is 2.67. The number of aliphatic carboxylic acids is 2. The molecule has 1 aliphatic heterocycles. The lowest BCUT2D eigenvalue weighted by atomic mass is 9.91. The zero-order valence-electron chi connectivity index (χ0n) is 13.8. The van der Waals surface area contributed by atoms with Gasteiger partial charge in [-0.2, -0.15) is 0 Å². The van der Waals surface area contributed by atoms with E-state index in [4.69, 9.17) is 14.7 Å². The van der Waals surface area contributed by atoms with E-state index >= 15 is 0 Å². The van der Waals surface area contributed by atoms with Crippen LogP contribution in [0.5, 0.6) is 5.75 Å². The van der Waals surface area contributed by atoms with Gasteiger partial charge in [-0.15, -0.1) is 0 Å². The molecule has 0 bridgehead atoms. The quantitative estimate of drug-likeness (QED) is 0.791. The number of nitrogens with zero attached hydrogens (tertiary/aromatic N) is 1. The molecule has 3 rings (SSSR count). The number of oxime groups is 1. The van der Waals surface area contributed by atoms with Crippen LogP contribution in [0.25, 0.3) is 0 Å². The van der Waals surface area contributed by atoms with Crippen LogP contribution < -0.4 is 4.74 Å². The lowest BCUT2D eigenvalue weighted by molar-refractivity contribution is -0.169. The molecule has 0 radical (unpaired) electrons. The predicted molar refractivity (Wildman–Crippen MR) is 92.1 cm³/mol. The van der Waals surface area contributed by atoms with Crippen LogP contribution >= 0.6 is 0 Å². The van der Waals surface area contributed by atoms with Gasteiger partial charge in [-0.25, -0.2) is 4.79 Å². The predicted octanol–water partition coefficient (Wildman–Crippen LogP) is 2.69. The Balaban J connectivity index is 1.72. The Bertz CT molecular complexity index is 848. The first-order valence-electron chi connectivity index (χ1n) is 7.96. The number of hydrogen-bond donors (Lipinski definition) is 2. The molecule has 0 spiro atoms. The highest BCUT2D eigenvalue weighted by Crippen LogP contribution is 2.31. The van der Waals surface area contributed by atoms with Crippen molar-refractivity contribution in [3.05, 3.63) is 65.7 Å². The molecule has 0 aromatic heterocycles. The number of carboxylic acid groups (broad SMARTS) is 2. The average molecular weight is 355 g/mol. The van der Waals surface area contributed by atoms with Crippen molar-refractivity contribution in [3.8, 4) is 5.75 Å². The van der Waals surface area contributed by atoms with Crippen LogP contribution in [0.2, 0.25) is 0 Å². The number of hydrogen-bond acceptors (Lipinski definition) is 5. The highest BCUT2D eigenvalue weighted by Gasteiger charge is 2.49. The molecule has 0 unspecified atom stereocenters. The molecule has 2 aromatic carbocycles. The molecule has 0 amide bonds. The van der Waals surface area contributed by atoms with Crippen LogP contribution in [0.3, 0.4) is 0 Å². The van der Waals surface area contributed by atoms with E-state index < -0.39 is 24.0 Å². The van der Waals surface area contributed by atoms with E-state index in [2.05, 4.69) is 5.16 Å².